The van der Waals surface area contributed by atoms with Crippen molar-refractivity contribution in [2.24, 2.45) is 5.92 Å². The van der Waals surface area contributed by atoms with Crippen LogP contribution in [0.25, 0.3) is 0 Å². The van der Waals surface area contributed by atoms with Gasteiger partial charge in [0.05, 0.1) is 0 Å². The van der Waals surface area contributed by atoms with Crippen LogP contribution in [0.1, 0.15) is 31.9 Å². The Balaban J connectivity index is 1.80. The first-order valence-electron chi connectivity index (χ1n) is 6.03. The van der Waals surface area contributed by atoms with Crippen LogP contribution in [0.4, 0.5) is 0 Å². The Hall–Kier alpha value is -0.890. The van der Waals surface area contributed by atoms with Gasteiger partial charge in [-0.2, -0.15) is 0 Å². The van der Waals surface area contributed by atoms with Crippen LogP contribution in [0.2, 0.25) is 0 Å². The Morgan fingerprint density at radius 2 is 2.33 bits per heavy atom. The maximum absolute atomic E-state index is 4.36. The summed E-state index contributed by atoms with van der Waals surface area (Å²) in [5.74, 6) is 0.939. The molecule has 1 heterocycles. The summed E-state index contributed by atoms with van der Waals surface area (Å²) in [7, 11) is 0. The molecular weight excluding hydrogens is 184 g/mol. The van der Waals surface area contributed by atoms with Gasteiger partial charge in [-0.3, -0.25) is 4.98 Å². The molecule has 2 nitrogen and oxygen atoms in total. The van der Waals surface area contributed by atoms with Gasteiger partial charge >= 0.3 is 0 Å². The Morgan fingerprint density at radius 1 is 1.47 bits per heavy atom. The van der Waals surface area contributed by atoms with Crippen LogP contribution < -0.4 is 5.32 Å². The quantitative estimate of drug-likeness (QED) is 0.769. The van der Waals surface area contributed by atoms with Gasteiger partial charge in [-0.15, -0.1) is 0 Å². The molecule has 1 N–H and O–H groups in total. The molecule has 1 unspecified atom stereocenters. The molecule has 1 aliphatic rings. The first-order chi connectivity index (χ1) is 7.40. The summed E-state index contributed by atoms with van der Waals surface area (Å²) < 4.78 is 0. The molecule has 0 bridgehead atoms. The minimum absolute atomic E-state index is 0.719. The summed E-state index contributed by atoms with van der Waals surface area (Å²) in [6.07, 6.45) is 7.05. The van der Waals surface area contributed by atoms with Crippen molar-refractivity contribution in [2.45, 2.75) is 38.6 Å². The van der Waals surface area contributed by atoms with E-state index in [-0.39, 0.29) is 0 Å². The first kappa shape index (κ1) is 10.6. The first-order valence-corrected chi connectivity index (χ1v) is 6.03. The fraction of sp³-hybridized carbons (Fsp3) is 0.615. The Kier molecular flexibility index (Phi) is 3.73. The zero-order chi connectivity index (χ0) is 10.5. The number of nitrogens with zero attached hydrogens (tertiary/aromatic N) is 1. The van der Waals surface area contributed by atoms with Crippen LogP contribution in [-0.4, -0.2) is 17.6 Å². The van der Waals surface area contributed by atoms with E-state index < -0.39 is 0 Å². The summed E-state index contributed by atoms with van der Waals surface area (Å²) in [5.41, 5.74) is 1.22. The van der Waals surface area contributed by atoms with E-state index >= 15 is 0 Å². The predicted octanol–water partition coefficient (Wildman–Crippen LogP) is 2.40. The second-order valence-electron chi connectivity index (χ2n) is 4.36. The van der Waals surface area contributed by atoms with Gasteiger partial charge in [0.15, 0.2) is 0 Å². The van der Waals surface area contributed by atoms with Crippen LogP contribution in [0.15, 0.2) is 24.4 Å². The van der Waals surface area contributed by atoms with E-state index in [1.165, 1.54) is 25.0 Å². The van der Waals surface area contributed by atoms with Crippen molar-refractivity contribution in [3.63, 3.8) is 0 Å². The Bertz CT molecular complexity index is 280. The highest BCUT2D eigenvalue weighted by atomic mass is 14.9. The molecule has 1 fully saturated rings. The second-order valence-corrected chi connectivity index (χ2v) is 4.36. The monoisotopic (exact) mass is 204 g/mol. The lowest BCUT2D eigenvalue weighted by atomic mass is 10.0. The van der Waals surface area contributed by atoms with Gasteiger partial charge in [0.1, 0.15) is 0 Å². The molecule has 1 atom stereocenters. The Morgan fingerprint density at radius 3 is 2.93 bits per heavy atom. The van der Waals surface area contributed by atoms with Crippen LogP contribution >= 0.6 is 0 Å². The SMILES string of the molecule is CCNC(CCc1ccccn1)C1CC1. The number of nitrogens with one attached hydrogen (secondary N) is 1. The van der Waals surface area contributed by atoms with Gasteiger partial charge in [0, 0.05) is 17.9 Å². The molecule has 0 radical (unpaired) electrons. The van der Waals surface area contributed by atoms with Crippen molar-refractivity contribution < 1.29 is 0 Å². The van der Waals surface area contributed by atoms with E-state index in [0.29, 0.717) is 0 Å². The molecule has 15 heavy (non-hydrogen) atoms. The van der Waals surface area contributed by atoms with Crippen molar-refractivity contribution in [1.82, 2.24) is 10.3 Å². The molecule has 0 aliphatic heterocycles. The lowest BCUT2D eigenvalue weighted by Gasteiger charge is -2.16. The smallest absolute Gasteiger partial charge is 0.0404 e. The topological polar surface area (TPSA) is 24.9 Å². The number of rotatable bonds is 6. The largest absolute Gasteiger partial charge is 0.314 e. The zero-order valence-corrected chi connectivity index (χ0v) is 9.45. The van der Waals surface area contributed by atoms with Gasteiger partial charge in [-0.05, 0) is 50.3 Å². The maximum atomic E-state index is 4.36. The third kappa shape index (κ3) is 3.31. The van der Waals surface area contributed by atoms with Crippen LogP contribution in [-0.2, 0) is 6.42 Å². The van der Waals surface area contributed by atoms with Crippen LogP contribution in [0, 0.1) is 5.92 Å². The molecule has 0 aromatic carbocycles. The van der Waals surface area contributed by atoms with E-state index in [4.69, 9.17) is 0 Å². The molecule has 82 valence electrons. The van der Waals surface area contributed by atoms with Crippen molar-refractivity contribution in [2.75, 3.05) is 6.54 Å². The minimum Gasteiger partial charge on any atom is -0.314 e. The van der Waals surface area contributed by atoms with Gasteiger partial charge in [-0.1, -0.05) is 13.0 Å². The number of hydrogen-bond donors (Lipinski definition) is 1. The van der Waals surface area contributed by atoms with E-state index in [9.17, 15) is 0 Å². The molecular formula is C13H20N2. The average Bonchev–Trinajstić information content (AvgIpc) is 3.09. The van der Waals surface area contributed by atoms with Crippen molar-refractivity contribution in [3.8, 4) is 0 Å². The number of hydrogen-bond acceptors (Lipinski definition) is 2. The molecule has 0 saturated heterocycles. The van der Waals surface area contributed by atoms with Gasteiger partial charge in [-0.25, -0.2) is 0 Å². The second kappa shape index (κ2) is 5.26. The molecule has 1 saturated carbocycles. The standard InChI is InChI=1S/C13H20N2/c1-2-14-13(11-6-7-11)9-8-12-5-3-4-10-15-12/h3-5,10-11,13-14H,2,6-9H2,1H3. The third-order valence-electron chi connectivity index (χ3n) is 3.09. The summed E-state index contributed by atoms with van der Waals surface area (Å²) in [6.45, 7) is 3.28. The number of pyridine rings is 1. The molecule has 1 aromatic rings. The normalized spacial score (nSPS) is 17.7. The molecule has 0 spiro atoms. The lowest BCUT2D eigenvalue weighted by Crippen LogP contribution is -2.31. The van der Waals surface area contributed by atoms with Crippen molar-refractivity contribution in [3.05, 3.63) is 30.1 Å². The Labute approximate surface area is 92.1 Å². The summed E-state index contributed by atoms with van der Waals surface area (Å²) in [4.78, 5) is 4.36. The highest BCUT2D eigenvalue weighted by Crippen LogP contribution is 2.34. The third-order valence-corrected chi connectivity index (χ3v) is 3.09. The maximum Gasteiger partial charge on any atom is 0.0404 e. The van der Waals surface area contributed by atoms with Crippen LogP contribution in [0.3, 0.4) is 0 Å². The molecule has 2 rings (SSSR count). The molecule has 0 amide bonds. The highest BCUT2D eigenvalue weighted by molar-refractivity contribution is 5.04. The summed E-state index contributed by atoms with van der Waals surface area (Å²) >= 11 is 0. The lowest BCUT2D eigenvalue weighted by molar-refractivity contribution is 0.444. The molecule has 1 aromatic heterocycles. The number of aromatic nitrogens is 1. The van der Waals surface area contributed by atoms with E-state index in [0.717, 1.165) is 24.9 Å². The predicted molar refractivity (Wildman–Crippen MR) is 62.7 cm³/mol. The molecule has 2 heteroatoms. The van der Waals surface area contributed by atoms with Gasteiger partial charge in [0.2, 0.25) is 0 Å². The average molecular weight is 204 g/mol. The van der Waals surface area contributed by atoms with Crippen LogP contribution in [0.5, 0.6) is 0 Å². The fourth-order valence-corrected chi connectivity index (χ4v) is 2.11. The van der Waals surface area contributed by atoms with Crippen molar-refractivity contribution >= 4 is 0 Å². The zero-order valence-electron chi connectivity index (χ0n) is 9.45. The summed E-state index contributed by atoms with van der Waals surface area (Å²) in [5, 5.41) is 3.59. The van der Waals surface area contributed by atoms with E-state index in [2.05, 4.69) is 29.4 Å². The molecule has 1 aliphatic carbocycles. The number of aryl methyl sites for hydroxylation is 1. The van der Waals surface area contributed by atoms with E-state index in [1.54, 1.807) is 0 Å². The minimum atomic E-state index is 0.719. The summed E-state index contributed by atoms with van der Waals surface area (Å²) in [6, 6.07) is 6.89. The van der Waals surface area contributed by atoms with Crippen molar-refractivity contribution in [1.29, 1.82) is 0 Å². The fourth-order valence-electron chi connectivity index (χ4n) is 2.11. The highest BCUT2D eigenvalue weighted by Gasteiger charge is 2.29. The van der Waals surface area contributed by atoms with Gasteiger partial charge < -0.3 is 5.32 Å². The van der Waals surface area contributed by atoms with E-state index in [1.807, 2.05) is 12.3 Å². The van der Waals surface area contributed by atoms with Gasteiger partial charge in [0.25, 0.3) is 0 Å².